The van der Waals surface area contributed by atoms with Crippen LogP contribution in [0.25, 0.3) is 0 Å². The molecule has 0 bridgehead atoms. The molecule has 0 amide bonds. The summed E-state index contributed by atoms with van der Waals surface area (Å²) in [5, 5.41) is 8.61. The first-order chi connectivity index (χ1) is 3.77. The summed E-state index contributed by atoms with van der Waals surface area (Å²) in [4.78, 5) is 9.42. The Labute approximate surface area is 58.9 Å². The molecule has 0 aromatic rings. The van der Waals surface area contributed by atoms with E-state index in [1.54, 1.807) is 6.92 Å². The van der Waals surface area contributed by atoms with Gasteiger partial charge in [-0.3, -0.25) is 0 Å². The van der Waals surface area contributed by atoms with Gasteiger partial charge in [-0.1, -0.05) is 0 Å². The van der Waals surface area contributed by atoms with Crippen molar-refractivity contribution in [1.82, 2.24) is 0 Å². The summed E-state index contributed by atoms with van der Waals surface area (Å²) < 4.78 is 8.62. The molecule has 6 heteroatoms. The van der Waals surface area contributed by atoms with Crippen LogP contribution in [0.3, 0.4) is 0 Å². The molecule has 0 aliphatic heterocycles. The van der Waals surface area contributed by atoms with Gasteiger partial charge in [0.05, 0.1) is 0 Å². The zero-order valence-electron chi connectivity index (χ0n) is 4.23. The molecule has 1 radical (unpaired) electrons. The van der Waals surface area contributed by atoms with E-state index in [1.807, 2.05) is 0 Å². The van der Waals surface area contributed by atoms with Crippen molar-refractivity contribution in [3.8, 4) is 0 Å². The van der Waals surface area contributed by atoms with Crippen LogP contribution < -0.4 is 0 Å². The van der Waals surface area contributed by atoms with Crippen LogP contribution in [-0.4, -0.2) is 35.8 Å². The van der Waals surface area contributed by atoms with Gasteiger partial charge < -0.3 is 0 Å². The second kappa shape index (κ2) is 5.19. The fourth-order valence-electron chi connectivity index (χ4n) is 0.103. The van der Waals surface area contributed by atoms with Crippen LogP contribution in [0.4, 0.5) is 0 Å². The van der Waals surface area contributed by atoms with Crippen molar-refractivity contribution in [3.05, 3.63) is 10.1 Å². The molecule has 8 heavy (non-hydrogen) atoms. The number of rotatable bonds is 4. The number of hydrogen-bond acceptors (Lipinski definition) is 4. The van der Waals surface area contributed by atoms with Crippen molar-refractivity contribution in [2.75, 3.05) is 6.61 Å². The van der Waals surface area contributed by atoms with Crippen molar-refractivity contribution < 1.29 is 10.8 Å². The van der Waals surface area contributed by atoms with E-state index in [-0.39, 0.29) is 0 Å². The number of hydrogen-bond donors (Lipinski definition) is 0. The summed E-state index contributed by atoms with van der Waals surface area (Å²) in [5.41, 5.74) is 0. The molecule has 47 valence electrons. The normalized spacial score (nSPS) is 8.62. The maximum absolute atomic E-state index is 9.42. The van der Waals surface area contributed by atoms with Gasteiger partial charge in [-0.15, -0.1) is 0 Å². The summed E-state index contributed by atoms with van der Waals surface area (Å²) in [5.74, 6) is 0. The van der Waals surface area contributed by atoms with Gasteiger partial charge in [-0.05, 0) is 0 Å². The molecule has 0 N–H and O–H groups in total. The molecule has 0 atom stereocenters. The van der Waals surface area contributed by atoms with Crippen LogP contribution in [0.15, 0.2) is 0 Å². The first-order valence-electron chi connectivity index (χ1n) is 1.91. The topological polar surface area (TPSA) is 61.6 Å². The van der Waals surface area contributed by atoms with Gasteiger partial charge in [0.1, 0.15) is 0 Å². The molecule has 0 spiro atoms. The van der Waals surface area contributed by atoms with Crippen LogP contribution in [0, 0.1) is 10.1 Å². The van der Waals surface area contributed by atoms with E-state index in [2.05, 4.69) is 5.73 Å². The Hall–Kier alpha value is 0.0431. The molecule has 5 nitrogen and oxygen atoms in total. The zero-order chi connectivity index (χ0) is 6.41. The molecule has 0 saturated carbocycles. The molecule has 0 rings (SSSR count). The summed E-state index contributed by atoms with van der Waals surface area (Å²) in [6.45, 7) is 2.28. The van der Waals surface area contributed by atoms with E-state index in [9.17, 15) is 10.1 Å². The minimum absolute atomic E-state index is 0.505. The third kappa shape index (κ3) is 6.04. The molecule has 0 aromatic carbocycles. The zero-order valence-corrected chi connectivity index (χ0v) is 7.71. The van der Waals surface area contributed by atoms with E-state index in [4.69, 9.17) is 0 Å². The Morgan fingerprint density at radius 2 is 2.50 bits per heavy atom. The van der Waals surface area contributed by atoms with E-state index >= 15 is 0 Å². The Bertz CT molecular complexity index is 76.4. The second-order valence-electron chi connectivity index (χ2n) is 0.798. The van der Waals surface area contributed by atoms with E-state index in [0.29, 0.717) is 6.61 Å². The second-order valence-corrected chi connectivity index (χ2v) is 3.02. The quantitative estimate of drug-likeness (QED) is 0.311. The Balaban J connectivity index is 2.82. The van der Waals surface area contributed by atoms with Crippen LogP contribution in [0.2, 0.25) is 0 Å². The van der Waals surface area contributed by atoms with E-state index < -0.39 is 29.2 Å². The molecule has 0 heterocycles. The van der Waals surface area contributed by atoms with Gasteiger partial charge in [0, 0.05) is 0 Å². The predicted octanol–water partition coefficient (Wildman–Crippen LogP) is -0.235. The maximum atomic E-state index is 9.42. The summed E-state index contributed by atoms with van der Waals surface area (Å²) in [6.07, 6.45) is 0. The first kappa shape index (κ1) is 8.04. The summed E-state index contributed by atoms with van der Waals surface area (Å²) in [7, 11) is 0. The fourth-order valence-corrected chi connectivity index (χ4v) is 0.908. The molecular weight excluding hydrogens is 311 g/mol. The fraction of sp³-hybridized carbons (Fsp3) is 1.00. The predicted molar refractivity (Wildman–Crippen MR) is 25.5 cm³/mol. The van der Waals surface area contributed by atoms with Crippen molar-refractivity contribution in [2.24, 2.45) is 0 Å². The molecule has 0 fully saturated rings. The summed E-state index contributed by atoms with van der Waals surface area (Å²) in [6, 6.07) is 0. The van der Waals surface area contributed by atoms with Crippen LogP contribution >= 0.6 is 0 Å². The van der Waals surface area contributed by atoms with Crippen molar-refractivity contribution in [2.45, 2.75) is 6.92 Å². The molecule has 0 aliphatic carbocycles. The van der Waals surface area contributed by atoms with Gasteiger partial charge >= 0.3 is 58.6 Å². The Morgan fingerprint density at radius 3 is 2.88 bits per heavy atom. The average molecular weight is 316 g/mol. The van der Waals surface area contributed by atoms with Crippen LogP contribution in [-0.2, 0) is 5.73 Å². The molecule has 0 aromatic heterocycles. The van der Waals surface area contributed by atoms with Crippen molar-refractivity contribution in [1.29, 1.82) is 0 Å². The van der Waals surface area contributed by atoms with E-state index in [0.717, 1.165) is 0 Å². The van der Waals surface area contributed by atoms with Gasteiger partial charge in [-0.2, -0.15) is 0 Å². The van der Waals surface area contributed by atoms with Gasteiger partial charge in [-0.25, -0.2) is 0 Å². The first-order valence-corrected chi connectivity index (χ1v) is 4.75. The SMILES string of the molecule is CC[O][Bi][O][N+](=O)[O-]. The van der Waals surface area contributed by atoms with Crippen molar-refractivity contribution in [3.63, 3.8) is 0 Å². The average Bonchev–Trinajstić information content (AvgIpc) is 1.66. The molecule has 0 saturated heterocycles. The molecule has 0 aliphatic rings. The van der Waals surface area contributed by atoms with E-state index in [1.165, 1.54) is 0 Å². The van der Waals surface area contributed by atoms with Crippen LogP contribution in [0.5, 0.6) is 0 Å². The summed E-state index contributed by atoms with van der Waals surface area (Å²) >= 11 is -1.65. The standard InChI is InChI=1S/C2H5O.Bi.NO3/c1-2-3;;2-1(3)4/h2H2,1H3;;/q-1;+2;-1. The molecular formula is C2H5BiNO4. The molecule has 0 unspecified atom stereocenters. The third-order valence-corrected chi connectivity index (χ3v) is 2.47. The minimum atomic E-state index is -1.65. The van der Waals surface area contributed by atoms with Gasteiger partial charge in [0.25, 0.3) is 0 Å². The number of nitrogens with zero attached hydrogens (tertiary/aromatic N) is 1. The van der Waals surface area contributed by atoms with Gasteiger partial charge in [0.15, 0.2) is 0 Å². The van der Waals surface area contributed by atoms with Crippen LogP contribution in [0.1, 0.15) is 6.92 Å². The Kier molecular flexibility index (Phi) is 5.21. The van der Waals surface area contributed by atoms with Gasteiger partial charge in [0.2, 0.25) is 0 Å². The monoisotopic (exact) mass is 316 g/mol. The Morgan fingerprint density at radius 1 is 1.88 bits per heavy atom. The van der Waals surface area contributed by atoms with Crippen molar-refractivity contribution >= 4 is 24.1 Å². The third-order valence-electron chi connectivity index (χ3n) is 0.282.